The molecule has 2 atom stereocenters. The topological polar surface area (TPSA) is 89.9 Å². The van der Waals surface area contributed by atoms with Gasteiger partial charge in [-0.1, -0.05) is 13.3 Å². The minimum Gasteiger partial charge on any atom is -0.479 e. The lowest BCUT2D eigenvalue weighted by Gasteiger charge is -2.22. The standard InChI is InChI=1S/C12H22N2O4/c1-3-4-9-5-6-14(7-9)11(17)13-8-12(2,18)10(15)16/h9,18H,3-8H2,1-2H3,(H,13,17)(H,15,16). The number of carboxylic acid groups (broad SMARTS) is 1. The van der Waals surface area contributed by atoms with Crippen molar-refractivity contribution in [3.8, 4) is 0 Å². The zero-order valence-electron chi connectivity index (χ0n) is 11.0. The molecule has 104 valence electrons. The molecule has 3 N–H and O–H groups in total. The van der Waals surface area contributed by atoms with Gasteiger partial charge in [0.15, 0.2) is 5.60 Å². The lowest BCUT2D eigenvalue weighted by atomic mass is 10.0. The van der Waals surface area contributed by atoms with Gasteiger partial charge in [0.05, 0.1) is 6.54 Å². The molecule has 0 radical (unpaired) electrons. The van der Waals surface area contributed by atoms with Gasteiger partial charge in [-0.3, -0.25) is 0 Å². The van der Waals surface area contributed by atoms with Crippen molar-refractivity contribution in [3.05, 3.63) is 0 Å². The predicted molar refractivity (Wildman–Crippen MR) is 66.2 cm³/mol. The third kappa shape index (κ3) is 3.87. The van der Waals surface area contributed by atoms with E-state index < -0.39 is 11.6 Å². The van der Waals surface area contributed by atoms with Gasteiger partial charge in [-0.15, -0.1) is 0 Å². The molecule has 2 unspecified atom stereocenters. The number of aliphatic hydroxyl groups is 1. The molecule has 0 bridgehead atoms. The fourth-order valence-electron chi connectivity index (χ4n) is 2.10. The van der Waals surface area contributed by atoms with Gasteiger partial charge in [-0.25, -0.2) is 9.59 Å². The monoisotopic (exact) mass is 258 g/mol. The molecule has 1 fully saturated rings. The van der Waals surface area contributed by atoms with Gasteiger partial charge in [-0.05, 0) is 25.7 Å². The van der Waals surface area contributed by atoms with E-state index in [1.807, 2.05) is 0 Å². The number of nitrogens with zero attached hydrogens (tertiary/aromatic N) is 1. The van der Waals surface area contributed by atoms with Crippen molar-refractivity contribution in [1.82, 2.24) is 10.2 Å². The molecule has 18 heavy (non-hydrogen) atoms. The van der Waals surface area contributed by atoms with Crippen LogP contribution in [0.25, 0.3) is 0 Å². The van der Waals surface area contributed by atoms with E-state index in [-0.39, 0.29) is 12.6 Å². The van der Waals surface area contributed by atoms with Crippen LogP contribution >= 0.6 is 0 Å². The normalized spacial score (nSPS) is 22.6. The molecule has 0 aromatic carbocycles. The number of hydrogen-bond donors (Lipinski definition) is 3. The van der Waals surface area contributed by atoms with Crippen molar-refractivity contribution >= 4 is 12.0 Å². The van der Waals surface area contributed by atoms with Crippen LogP contribution in [0, 0.1) is 5.92 Å². The Bertz CT molecular complexity index is 317. The lowest BCUT2D eigenvalue weighted by Crippen LogP contribution is -2.49. The summed E-state index contributed by atoms with van der Waals surface area (Å²) in [6.07, 6.45) is 3.21. The summed E-state index contributed by atoms with van der Waals surface area (Å²) in [6, 6.07) is -0.296. The SMILES string of the molecule is CCCC1CCN(C(=O)NCC(C)(O)C(=O)O)C1. The number of amides is 2. The zero-order valence-corrected chi connectivity index (χ0v) is 11.0. The number of nitrogens with one attached hydrogen (secondary N) is 1. The van der Waals surface area contributed by atoms with Gasteiger partial charge in [0.1, 0.15) is 0 Å². The molecule has 0 aromatic heterocycles. The van der Waals surface area contributed by atoms with Crippen molar-refractivity contribution < 1.29 is 19.8 Å². The van der Waals surface area contributed by atoms with Crippen LogP contribution in [0.3, 0.4) is 0 Å². The van der Waals surface area contributed by atoms with Crippen LogP contribution in [0.1, 0.15) is 33.1 Å². The number of rotatable bonds is 5. The van der Waals surface area contributed by atoms with Crippen LogP contribution in [0.2, 0.25) is 0 Å². The van der Waals surface area contributed by atoms with Crippen molar-refractivity contribution in [2.75, 3.05) is 19.6 Å². The first-order chi connectivity index (χ1) is 8.36. The zero-order chi connectivity index (χ0) is 13.8. The number of carbonyl (C=O) groups excluding carboxylic acids is 1. The van der Waals surface area contributed by atoms with Crippen LogP contribution in [0.5, 0.6) is 0 Å². The Balaban J connectivity index is 2.36. The van der Waals surface area contributed by atoms with E-state index in [9.17, 15) is 14.7 Å². The maximum absolute atomic E-state index is 11.8. The number of aliphatic carboxylic acids is 1. The third-order valence-electron chi connectivity index (χ3n) is 3.31. The first kappa shape index (κ1) is 14.8. The first-order valence-corrected chi connectivity index (χ1v) is 6.35. The molecule has 1 saturated heterocycles. The average molecular weight is 258 g/mol. The van der Waals surface area contributed by atoms with Crippen molar-refractivity contribution in [2.45, 2.75) is 38.7 Å². The van der Waals surface area contributed by atoms with Gasteiger partial charge in [-0.2, -0.15) is 0 Å². The molecule has 6 nitrogen and oxygen atoms in total. The molecule has 1 rings (SSSR count). The minimum absolute atomic E-state index is 0.282. The molecule has 0 aliphatic carbocycles. The van der Waals surface area contributed by atoms with E-state index in [0.29, 0.717) is 12.5 Å². The molecule has 0 saturated carbocycles. The number of likely N-dealkylation sites (tertiary alicyclic amines) is 1. The van der Waals surface area contributed by atoms with Crippen molar-refractivity contribution in [1.29, 1.82) is 0 Å². The van der Waals surface area contributed by atoms with Gasteiger partial charge in [0, 0.05) is 13.1 Å². The summed E-state index contributed by atoms with van der Waals surface area (Å²) in [7, 11) is 0. The molecule has 0 aromatic rings. The van der Waals surface area contributed by atoms with Crippen LogP contribution in [-0.4, -0.2) is 52.3 Å². The van der Waals surface area contributed by atoms with E-state index >= 15 is 0 Å². The molecule has 1 aliphatic heterocycles. The third-order valence-corrected chi connectivity index (χ3v) is 3.31. The summed E-state index contributed by atoms with van der Waals surface area (Å²) in [5.41, 5.74) is -1.92. The first-order valence-electron chi connectivity index (χ1n) is 6.35. The second-order valence-corrected chi connectivity index (χ2v) is 5.13. The Labute approximate surface area is 107 Å². The Kier molecular flexibility index (Phi) is 4.95. The number of carbonyl (C=O) groups is 2. The summed E-state index contributed by atoms with van der Waals surface area (Å²) >= 11 is 0. The highest BCUT2D eigenvalue weighted by molar-refractivity contribution is 5.79. The Morgan fingerprint density at radius 2 is 2.17 bits per heavy atom. The predicted octanol–water partition coefficient (Wildman–Crippen LogP) is 0.654. The largest absolute Gasteiger partial charge is 0.479 e. The molecule has 0 spiro atoms. The summed E-state index contributed by atoms with van der Waals surface area (Å²) < 4.78 is 0. The van der Waals surface area contributed by atoms with E-state index in [1.54, 1.807) is 4.90 Å². The van der Waals surface area contributed by atoms with Gasteiger partial charge in [0.2, 0.25) is 0 Å². The number of urea groups is 1. The fraction of sp³-hybridized carbons (Fsp3) is 0.833. The smallest absolute Gasteiger partial charge is 0.337 e. The van der Waals surface area contributed by atoms with Crippen molar-refractivity contribution in [2.24, 2.45) is 5.92 Å². The van der Waals surface area contributed by atoms with Gasteiger partial charge in [0.25, 0.3) is 0 Å². The van der Waals surface area contributed by atoms with E-state index in [1.165, 1.54) is 6.92 Å². The van der Waals surface area contributed by atoms with Crippen LogP contribution < -0.4 is 5.32 Å². The quantitative estimate of drug-likeness (QED) is 0.675. The maximum atomic E-state index is 11.8. The van der Waals surface area contributed by atoms with Crippen molar-refractivity contribution in [3.63, 3.8) is 0 Å². The molecule has 1 aliphatic rings. The molecular formula is C12H22N2O4. The summed E-state index contributed by atoms with van der Waals surface area (Å²) in [5.74, 6) is -0.797. The Hall–Kier alpha value is -1.30. The van der Waals surface area contributed by atoms with E-state index in [0.717, 1.165) is 25.8 Å². The second-order valence-electron chi connectivity index (χ2n) is 5.13. The van der Waals surface area contributed by atoms with Crippen LogP contribution in [-0.2, 0) is 4.79 Å². The molecule has 2 amide bonds. The molecular weight excluding hydrogens is 236 g/mol. The Morgan fingerprint density at radius 3 is 2.72 bits per heavy atom. The minimum atomic E-state index is -1.92. The van der Waals surface area contributed by atoms with Gasteiger partial charge < -0.3 is 20.4 Å². The Morgan fingerprint density at radius 1 is 1.50 bits per heavy atom. The molecule has 6 heteroatoms. The fourth-order valence-corrected chi connectivity index (χ4v) is 2.10. The highest BCUT2D eigenvalue weighted by atomic mass is 16.4. The summed E-state index contributed by atoms with van der Waals surface area (Å²) in [4.78, 5) is 24.1. The van der Waals surface area contributed by atoms with E-state index in [2.05, 4.69) is 12.2 Å². The maximum Gasteiger partial charge on any atom is 0.337 e. The highest BCUT2D eigenvalue weighted by Crippen LogP contribution is 2.20. The van der Waals surface area contributed by atoms with Crippen LogP contribution in [0.4, 0.5) is 4.79 Å². The summed E-state index contributed by atoms with van der Waals surface area (Å²) in [6.45, 7) is 4.42. The number of carboxylic acids is 1. The van der Waals surface area contributed by atoms with E-state index in [4.69, 9.17) is 5.11 Å². The molecule has 1 heterocycles. The second kappa shape index (κ2) is 6.04. The van der Waals surface area contributed by atoms with Gasteiger partial charge >= 0.3 is 12.0 Å². The number of hydrogen-bond acceptors (Lipinski definition) is 3. The van der Waals surface area contributed by atoms with Crippen LogP contribution in [0.15, 0.2) is 0 Å². The summed E-state index contributed by atoms with van der Waals surface area (Å²) in [5, 5.41) is 20.7. The lowest BCUT2D eigenvalue weighted by molar-refractivity contribution is -0.155. The average Bonchev–Trinajstić information content (AvgIpc) is 2.75. The highest BCUT2D eigenvalue weighted by Gasteiger charge is 2.32.